The Hall–Kier alpha value is -0.910. The van der Waals surface area contributed by atoms with Crippen molar-refractivity contribution in [3.05, 3.63) is 18.0 Å². The van der Waals surface area contributed by atoms with Crippen molar-refractivity contribution in [1.29, 1.82) is 0 Å². The fourth-order valence-electron chi connectivity index (χ4n) is 2.16. The summed E-state index contributed by atoms with van der Waals surface area (Å²) in [5.74, 6) is 5.62. The quantitative estimate of drug-likeness (QED) is 0.591. The summed E-state index contributed by atoms with van der Waals surface area (Å²) in [4.78, 5) is 0. The lowest BCUT2D eigenvalue weighted by Gasteiger charge is -2.29. The first-order valence-corrected chi connectivity index (χ1v) is 5.95. The minimum atomic E-state index is 0.0561. The number of hydrazine groups is 1. The van der Waals surface area contributed by atoms with Gasteiger partial charge in [-0.1, -0.05) is 0 Å². The Balaban J connectivity index is 2.08. The van der Waals surface area contributed by atoms with Crippen LogP contribution in [-0.4, -0.2) is 22.5 Å². The Bertz CT molecular complexity index is 320. The lowest BCUT2D eigenvalue weighted by molar-refractivity contribution is -0.00823. The molecular weight excluding hydrogens is 204 g/mol. The van der Waals surface area contributed by atoms with E-state index in [-0.39, 0.29) is 12.1 Å². The molecule has 0 spiro atoms. The molecule has 2 heterocycles. The molecule has 3 N–H and O–H groups in total. The molecule has 0 saturated carbocycles. The standard InChI is InChI=1S/C11H20N4O/c1-2-15-8-9(7-13-15)11(14-12)10-5-3-4-6-16-10/h7-8,10-11,14H,2-6,12H2,1H3. The first-order valence-electron chi connectivity index (χ1n) is 5.95. The van der Waals surface area contributed by atoms with Crippen LogP contribution in [0.4, 0.5) is 0 Å². The van der Waals surface area contributed by atoms with Gasteiger partial charge in [-0.2, -0.15) is 5.10 Å². The molecule has 1 fully saturated rings. The van der Waals surface area contributed by atoms with Crippen molar-refractivity contribution in [2.75, 3.05) is 6.61 Å². The molecule has 2 rings (SSSR count). The molecule has 2 atom stereocenters. The summed E-state index contributed by atoms with van der Waals surface area (Å²) in [6.45, 7) is 3.78. The third-order valence-electron chi connectivity index (χ3n) is 3.10. The molecule has 0 bridgehead atoms. The number of rotatable bonds is 4. The summed E-state index contributed by atoms with van der Waals surface area (Å²) in [5, 5.41) is 4.26. The second kappa shape index (κ2) is 5.43. The largest absolute Gasteiger partial charge is 0.376 e. The number of nitrogens with zero attached hydrogens (tertiary/aromatic N) is 2. The zero-order valence-electron chi connectivity index (χ0n) is 9.72. The Kier molecular flexibility index (Phi) is 3.93. The van der Waals surface area contributed by atoms with Crippen LogP contribution in [0.3, 0.4) is 0 Å². The third kappa shape index (κ3) is 2.42. The van der Waals surface area contributed by atoms with E-state index in [0.29, 0.717) is 0 Å². The number of hydrogen-bond donors (Lipinski definition) is 2. The average Bonchev–Trinajstić information content (AvgIpc) is 2.80. The van der Waals surface area contributed by atoms with E-state index in [1.54, 1.807) is 0 Å². The molecular formula is C11H20N4O. The SMILES string of the molecule is CCn1cc(C(NN)C2CCCCO2)cn1. The first kappa shape index (κ1) is 11.6. The van der Waals surface area contributed by atoms with Crippen LogP contribution in [-0.2, 0) is 11.3 Å². The van der Waals surface area contributed by atoms with Crippen LogP contribution in [0.25, 0.3) is 0 Å². The number of aromatic nitrogens is 2. The van der Waals surface area contributed by atoms with Crippen molar-refractivity contribution >= 4 is 0 Å². The lowest BCUT2D eigenvalue weighted by atomic mass is 9.98. The number of nitrogens with one attached hydrogen (secondary N) is 1. The van der Waals surface area contributed by atoms with E-state index < -0.39 is 0 Å². The topological polar surface area (TPSA) is 65.1 Å². The summed E-state index contributed by atoms with van der Waals surface area (Å²) >= 11 is 0. The van der Waals surface area contributed by atoms with Gasteiger partial charge in [0.1, 0.15) is 0 Å². The Labute approximate surface area is 95.9 Å². The normalized spacial score (nSPS) is 23.2. The molecule has 0 aromatic carbocycles. The molecule has 1 aromatic rings. The highest BCUT2D eigenvalue weighted by molar-refractivity contribution is 5.12. The van der Waals surface area contributed by atoms with Crippen molar-refractivity contribution in [1.82, 2.24) is 15.2 Å². The third-order valence-corrected chi connectivity index (χ3v) is 3.10. The minimum absolute atomic E-state index is 0.0561. The van der Waals surface area contributed by atoms with E-state index in [9.17, 15) is 0 Å². The van der Waals surface area contributed by atoms with Gasteiger partial charge in [-0.3, -0.25) is 16.0 Å². The maximum absolute atomic E-state index is 5.75. The monoisotopic (exact) mass is 224 g/mol. The predicted octanol–water partition coefficient (Wildman–Crippen LogP) is 0.976. The Morgan fingerprint density at radius 3 is 3.12 bits per heavy atom. The van der Waals surface area contributed by atoms with Gasteiger partial charge >= 0.3 is 0 Å². The maximum atomic E-state index is 5.75. The fraction of sp³-hybridized carbons (Fsp3) is 0.727. The van der Waals surface area contributed by atoms with Crippen LogP contribution in [0.5, 0.6) is 0 Å². The zero-order valence-corrected chi connectivity index (χ0v) is 9.72. The molecule has 2 unspecified atom stereocenters. The summed E-state index contributed by atoms with van der Waals surface area (Å²) in [5.41, 5.74) is 3.95. The average molecular weight is 224 g/mol. The Morgan fingerprint density at radius 1 is 1.69 bits per heavy atom. The molecule has 0 radical (unpaired) electrons. The van der Waals surface area contributed by atoms with Crippen molar-refractivity contribution < 1.29 is 4.74 Å². The molecule has 5 nitrogen and oxygen atoms in total. The van der Waals surface area contributed by atoms with Gasteiger partial charge in [-0.05, 0) is 26.2 Å². The molecule has 0 aliphatic carbocycles. The fourth-order valence-corrected chi connectivity index (χ4v) is 2.16. The molecule has 16 heavy (non-hydrogen) atoms. The zero-order chi connectivity index (χ0) is 11.4. The van der Waals surface area contributed by atoms with Gasteiger partial charge in [0.15, 0.2) is 0 Å². The van der Waals surface area contributed by atoms with Crippen molar-refractivity contribution in [2.45, 2.75) is 44.9 Å². The lowest BCUT2D eigenvalue weighted by Crippen LogP contribution is -2.39. The predicted molar refractivity (Wildman–Crippen MR) is 61.6 cm³/mol. The van der Waals surface area contributed by atoms with E-state index >= 15 is 0 Å². The van der Waals surface area contributed by atoms with Gasteiger partial charge in [-0.25, -0.2) is 0 Å². The van der Waals surface area contributed by atoms with Gasteiger partial charge in [0.2, 0.25) is 0 Å². The maximum Gasteiger partial charge on any atom is 0.0783 e. The number of nitrogens with two attached hydrogens (primary N) is 1. The summed E-state index contributed by atoms with van der Waals surface area (Å²) in [6.07, 6.45) is 7.50. The first-order chi connectivity index (χ1) is 7.85. The molecule has 1 saturated heterocycles. The molecule has 5 heteroatoms. The highest BCUT2D eigenvalue weighted by atomic mass is 16.5. The molecule has 0 amide bonds. The van der Waals surface area contributed by atoms with E-state index in [4.69, 9.17) is 10.6 Å². The highest BCUT2D eigenvalue weighted by Gasteiger charge is 2.25. The second-order valence-electron chi connectivity index (χ2n) is 4.18. The van der Waals surface area contributed by atoms with Crippen LogP contribution < -0.4 is 11.3 Å². The van der Waals surface area contributed by atoms with Crippen molar-refractivity contribution in [2.24, 2.45) is 5.84 Å². The van der Waals surface area contributed by atoms with Gasteiger partial charge in [0.05, 0.1) is 18.3 Å². The van der Waals surface area contributed by atoms with Gasteiger partial charge in [-0.15, -0.1) is 0 Å². The summed E-state index contributed by atoms with van der Waals surface area (Å²) in [7, 11) is 0. The number of hydrogen-bond acceptors (Lipinski definition) is 4. The Morgan fingerprint density at radius 2 is 2.56 bits per heavy atom. The highest BCUT2D eigenvalue weighted by Crippen LogP contribution is 2.25. The summed E-state index contributed by atoms with van der Waals surface area (Å²) < 4.78 is 7.65. The van der Waals surface area contributed by atoms with Crippen molar-refractivity contribution in [3.63, 3.8) is 0 Å². The van der Waals surface area contributed by atoms with E-state index in [2.05, 4.69) is 17.4 Å². The molecule has 1 aromatic heterocycles. The van der Waals surface area contributed by atoms with Gasteiger partial charge < -0.3 is 4.74 Å². The van der Waals surface area contributed by atoms with Crippen LogP contribution in [0.1, 0.15) is 37.8 Å². The van der Waals surface area contributed by atoms with Gasteiger partial charge in [0, 0.05) is 24.9 Å². The van der Waals surface area contributed by atoms with E-state index in [1.165, 1.54) is 6.42 Å². The van der Waals surface area contributed by atoms with Crippen molar-refractivity contribution in [3.8, 4) is 0 Å². The number of ether oxygens (including phenoxy) is 1. The van der Waals surface area contributed by atoms with E-state index in [0.717, 1.165) is 31.6 Å². The van der Waals surface area contributed by atoms with Crippen LogP contribution in [0.15, 0.2) is 12.4 Å². The van der Waals surface area contributed by atoms with Crippen LogP contribution in [0.2, 0.25) is 0 Å². The van der Waals surface area contributed by atoms with Crippen LogP contribution in [0, 0.1) is 0 Å². The minimum Gasteiger partial charge on any atom is -0.376 e. The second-order valence-corrected chi connectivity index (χ2v) is 4.18. The molecule has 1 aliphatic rings. The smallest absolute Gasteiger partial charge is 0.0783 e. The summed E-state index contributed by atoms with van der Waals surface area (Å²) in [6, 6.07) is 0.0561. The molecule has 90 valence electrons. The van der Waals surface area contributed by atoms with E-state index in [1.807, 2.05) is 17.1 Å². The molecule has 1 aliphatic heterocycles. The van der Waals surface area contributed by atoms with Crippen LogP contribution >= 0.6 is 0 Å². The van der Waals surface area contributed by atoms with Gasteiger partial charge in [0.25, 0.3) is 0 Å². The number of aryl methyl sites for hydroxylation is 1.